The third-order valence-corrected chi connectivity index (χ3v) is 3.49. The Labute approximate surface area is 149 Å². The summed E-state index contributed by atoms with van der Waals surface area (Å²) in [5.41, 5.74) is 1.27. The lowest BCUT2D eigenvalue weighted by Crippen LogP contribution is -2.28. The number of benzene rings is 2. The van der Waals surface area contributed by atoms with Crippen molar-refractivity contribution in [3.05, 3.63) is 88.5 Å². The first-order chi connectivity index (χ1) is 11.6. The summed E-state index contributed by atoms with van der Waals surface area (Å²) in [6, 6.07) is 16.1. The number of hydrogen-bond acceptors (Lipinski definition) is 3. The van der Waals surface area contributed by atoms with Gasteiger partial charge in [-0.15, -0.1) is 0 Å². The zero-order chi connectivity index (χ0) is 17.4. The van der Waals surface area contributed by atoms with Gasteiger partial charge in [0.1, 0.15) is 12.3 Å². The van der Waals surface area contributed by atoms with E-state index in [0.29, 0.717) is 5.56 Å². The zero-order valence-electron chi connectivity index (χ0n) is 12.9. The molecule has 0 fully saturated rings. The van der Waals surface area contributed by atoms with Gasteiger partial charge in [-0.25, -0.2) is 4.79 Å². The molecule has 0 heterocycles. The summed E-state index contributed by atoms with van der Waals surface area (Å²) in [6.07, 6.45) is 3.04. The molecule has 0 atom stereocenters. The Morgan fingerprint density at radius 1 is 1.12 bits per heavy atom. The van der Waals surface area contributed by atoms with Crippen molar-refractivity contribution >= 4 is 33.9 Å². The molecule has 0 spiro atoms. The second-order valence-corrected chi connectivity index (χ2v) is 5.74. The van der Waals surface area contributed by atoms with Crippen LogP contribution in [0.5, 0.6) is 0 Å². The normalized spacial score (nSPS) is 10.8. The van der Waals surface area contributed by atoms with Gasteiger partial charge >= 0.3 is 5.97 Å². The van der Waals surface area contributed by atoms with E-state index >= 15 is 0 Å². The minimum Gasteiger partial charge on any atom is -0.457 e. The maximum Gasteiger partial charge on any atom is 0.355 e. The molecule has 2 aromatic rings. The largest absolute Gasteiger partial charge is 0.457 e. The van der Waals surface area contributed by atoms with Crippen LogP contribution in [0.15, 0.2) is 77.4 Å². The number of rotatable bonds is 6. The van der Waals surface area contributed by atoms with Gasteiger partial charge in [0.15, 0.2) is 0 Å². The third kappa shape index (κ3) is 5.21. The standard InChI is InChI=1S/C19H16BrNO3/c1-2-11-24-19(23)17(12-14-7-4-3-5-8-14)21-18(22)15-9-6-10-16(20)13-15/h2-10,12-13H,1,11H2,(H,21,22). The number of esters is 1. The van der Waals surface area contributed by atoms with Gasteiger partial charge in [0.2, 0.25) is 0 Å². The maximum atomic E-state index is 12.4. The molecule has 4 nitrogen and oxygen atoms in total. The lowest BCUT2D eigenvalue weighted by Gasteiger charge is -2.10. The van der Waals surface area contributed by atoms with Crippen LogP contribution in [0.1, 0.15) is 15.9 Å². The van der Waals surface area contributed by atoms with Crippen LogP contribution < -0.4 is 5.32 Å². The lowest BCUT2D eigenvalue weighted by molar-refractivity contribution is -0.138. The highest BCUT2D eigenvalue weighted by Crippen LogP contribution is 2.13. The van der Waals surface area contributed by atoms with E-state index < -0.39 is 11.9 Å². The zero-order valence-corrected chi connectivity index (χ0v) is 14.5. The van der Waals surface area contributed by atoms with E-state index in [9.17, 15) is 9.59 Å². The molecule has 2 rings (SSSR count). The summed E-state index contributed by atoms with van der Waals surface area (Å²) in [5, 5.41) is 2.61. The molecule has 0 bridgehead atoms. The van der Waals surface area contributed by atoms with Crippen LogP contribution in [0.3, 0.4) is 0 Å². The first-order valence-electron chi connectivity index (χ1n) is 7.22. The number of hydrogen-bond donors (Lipinski definition) is 1. The molecule has 0 saturated heterocycles. The van der Waals surface area contributed by atoms with Gasteiger partial charge in [-0.1, -0.05) is 65.0 Å². The average molecular weight is 386 g/mol. The van der Waals surface area contributed by atoms with E-state index in [1.54, 1.807) is 24.3 Å². The summed E-state index contributed by atoms with van der Waals surface area (Å²) in [5.74, 6) is -1.02. The monoisotopic (exact) mass is 385 g/mol. The van der Waals surface area contributed by atoms with Crippen LogP contribution in [0.25, 0.3) is 6.08 Å². The predicted molar refractivity (Wildman–Crippen MR) is 97.2 cm³/mol. The number of halogens is 1. The van der Waals surface area contributed by atoms with Crippen molar-refractivity contribution in [3.63, 3.8) is 0 Å². The Morgan fingerprint density at radius 2 is 1.88 bits per heavy atom. The van der Waals surface area contributed by atoms with Gasteiger partial charge in [-0.05, 0) is 29.8 Å². The Hall–Kier alpha value is -2.66. The van der Waals surface area contributed by atoms with Gasteiger partial charge in [0.05, 0.1) is 0 Å². The minimum absolute atomic E-state index is 0.0630. The lowest BCUT2D eigenvalue weighted by atomic mass is 10.1. The van der Waals surface area contributed by atoms with Crippen LogP contribution in [-0.4, -0.2) is 18.5 Å². The van der Waals surface area contributed by atoms with E-state index in [1.165, 1.54) is 6.08 Å². The van der Waals surface area contributed by atoms with Crippen molar-refractivity contribution in [2.75, 3.05) is 6.61 Å². The highest BCUT2D eigenvalue weighted by atomic mass is 79.9. The average Bonchev–Trinajstić information content (AvgIpc) is 2.60. The maximum absolute atomic E-state index is 12.4. The smallest absolute Gasteiger partial charge is 0.355 e. The number of carbonyl (C=O) groups is 2. The fourth-order valence-electron chi connectivity index (χ4n) is 1.90. The summed E-state index contributed by atoms with van der Waals surface area (Å²) in [7, 11) is 0. The second-order valence-electron chi connectivity index (χ2n) is 4.82. The van der Waals surface area contributed by atoms with Crippen molar-refractivity contribution in [2.24, 2.45) is 0 Å². The van der Waals surface area contributed by atoms with Gasteiger partial charge < -0.3 is 10.1 Å². The van der Waals surface area contributed by atoms with Gasteiger partial charge in [-0.2, -0.15) is 0 Å². The Bertz CT molecular complexity index is 769. The first kappa shape index (κ1) is 17.7. The van der Waals surface area contributed by atoms with Crippen molar-refractivity contribution in [2.45, 2.75) is 0 Å². The molecule has 0 radical (unpaired) electrons. The molecule has 0 saturated carbocycles. The highest BCUT2D eigenvalue weighted by Gasteiger charge is 2.15. The molecular formula is C19H16BrNO3. The first-order valence-corrected chi connectivity index (χ1v) is 8.01. The van der Waals surface area contributed by atoms with E-state index in [4.69, 9.17) is 4.74 Å². The number of amides is 1. The molecule has 2 aromatic carbocycles. The van der Waals surface area contributed by atoms with Crippen LogP contribution in [0.4, 0.5) is 0 Å². The predicted octanol–water partition coefficient (Wildman–Crippen LogP) is 3.95. The molecule has 0 aliphatic carbocycles. The van der Waals surface area contributed by atoms with E-state index in [0.717, 1.165) is 10.0 Å². The minimum atomic E-state index is -0.623. The van der Waals surface area contributed by atoms with Crippen molar-refractivity contribution < 1.29 is 14.3 Å². The van der Waals surface area contributed by atoms with Crippen molar-refractivity contribution in [3.8, 4) is 0 Å². The molecule has 1 amide bonds. The van der Waals surface area contributed by atoms with E-state index in [-0.39, 0.29) is 12.3 Å². The molecule has 0 aliphatic rings. The molecular weight excluding hydrogens is 370 g/mol. The molecule has 122 valence electrons. The van der Waals surface area contributed by atoms with E-state index in [1.807, 2.05) is 36.4 Å². The van der Waals surface area contributed by atoms with Crippen LogP contribution in [0.2, 0.25) is 0 Å². The second kappa shape index (κ2) is 8.84. The Morgan fingerprint density at radius 3 is 2.54 bits per heavy atom. The summed E-state index contributed by atoms with van der Waals surface area (Å²) < 4.78 is 5.81. The molecule has 24 heavy (non-hydrogen) atoms. The quantitative estimate of drug-likeness (QED) is 0.465. The SMILES string of the molecule is C=CCOC(=O)C(=Cc1ccccc1)NC(=O)c1cccc(Br)c1. The third-order valence-electron chi connectivity index (χ3n) is 3.00. The van der Waals surface area contributed by atoms with Gasteiger partial charge in [0, 0.05) is 10.0 Å². The molecule has 5 heteroatoms. The molecule has 1 N–H and O–H groups in total. The van der Waals surface area contributed by atoms with Crippen molar-refractivity contribution in [1.82, 2.24) is 5.32 Å². The van der Waals surface area contributed by atoms with Gasteiger partial charge in [0.25, 0.3) is 5.91 Å². The summed E-state index contributed by atoms with van der Waals surface area (Å²) in [4.78, 5) is 24.6. The highest BCUT2D eigenvalue weighted by molar-refractivity contribution is 9.10. The number of nitrogens with one attached hydrogen (secondary N) is 1. The topological polar surface area (TPSA) is 55.4 Å². The molecule has 0 aromatic heterocycles. The van der Waals surface area contributed by atoms with Crippen LogP contribution >= 0.6 is 15.9 Å². The van der Waals surface area contributed by atoms with Crippen LogP contribution in [0, 0.1) is 0 Å². The van der Waals surface area contributed by atoms with Crippen LogP contribution in [-0.2, 0) is 9.53 Å². The Balaban J connectivity index is 2.25. The fraction of sp³-hybridized carbons (Fsp3) is 0.0526. The number of ether oxygens (including phenoxy) is 1. The fourth-order valence-corrected chi connectivity index (χ4v) is 2.30. The van der Waals surface area contributed by atoms with E-state index in [2.05, 4.69) is 27.8 Å². The van der Waals surface area contributed by atoms with Gasteiger partial charge in [-0.3, -0.25) is 4.79 Å². The summed E-state index contributed by atoms with van der Waals surface area (Å²) >= 11 is 3.32. The number of carbonyl (C=O) groups excluding carboxylic acids is 2. The van der Waals surface area contributed by atoms with Crippen molar-refractivity contribution in [1.29, 1.82) is 0 Å². The molecule has 0 aliphatic heterocycles. The Kier molecular flexibility index (Phi) is 6.51. The summed E-state index contributed by atoms with van der Waals surface area (Å²) in [6.45, 7) is 3.57. The molecule has 0 unspecified atom stereocenters.